The normalized spacial score (nSPS) is 18.1. The zero-order valence-corrected chi connectivity index (χ0v) is 20.5. The van der Waals surface area contributed by atoms with Gasteiger partial charge in [-0.15, -0.1) is 0 Å². The summed E-state index contributed by atoms with van der Waals surface area (Å²) in [6.07, 6.45) is 3.59. The molecule has 2 fully saturated rings. The third kappa shape index (κ3) is 5.58. The monoisotopic (exact) mass is 469 g/mol. The second-order valence-electron chi connectivity index (χ2n) is 9.48. The van der Waals surface area contributed by atoms with E-state index in [1.807, 2.05) is 12.1 Å². The lowest BCUT2D eigenvalue weighted by Gasteiger charge is -2.30. The van der Waals surface area contributed by atoms with E-state index < -0.39 is 10.0 Å². The number of piperidine rings is 1. The van der Waals surface area contributed by atoms with Crippen molar-refractivity contribution in [2.24, 2.45) is 5.92 Å². The minimum atomic E-state index is -3.52. The van der Waals surface area contributed by atoms with Crippen LogP contribution in [0, 0.1) is 5.92 Å². The number of rotatable bonds is 7. The first-order valence-electron chi connectivity index (χ1n) is 12.1. The number of sulfonamides is 1. The first-order chi connectivity index (χ1) is 15.8. The summed E-state index contributed by atoms with van der Waals surface area (Å²) in [5.74, 6) is 0.222. The average Bonchev–Trinajstić information content (AvgIpc) is 3.38. The second-order valence-corrected chi connectivity index (χ2v) is 11.4. The van der Waals surface area contributed by atoms with Crippen LogP contribution in [-0.4, -0.2) is 44.8 Å². The van der Waals surface area contributed by atoms with Crippen molar-refractivity contribution >= 4 is 21.6 Å². The molecule has 2 aliphatic heterocycles. The fraction of sp³-hybridized carbons (Fsp3) is 0.500. The molecular formula is C26H35N3O3S. The maximum absolute atomic E-state index is 13.0. The molecule has 2 heterocycles. The van der Waals surface area contributed by atoms with Gasteiger partial charge in [0.2, 0.25) is 15.9 Å². The highest BCUT2D eigenvalue weighted by Crippen LogP contribution is 2.26. The molecule has 0 atom stereocenters. The Morgan fingerprint density at radius 2 is 1.55 bits per heavy atom. The first kappa shape index (κ1) is 23.8. The van der Waals surface area contributed by atoms with Crippen molar-refractivity contribution in [2.45, 2.75) is 56.9 Å². The predicted octanol–water partition coefficient (Wildman–Crippen LogP) is 4.13. The van der Waals surface area contributed by atoms with Gasteiger partial charge >= 0.3 is 0 Å². The zero-order chi connectivity index (χ0) is 23.4. The van der Waals surface area contributed by atoms with Crippen LogP contribution < -0.4 is 10.2 Å². The Kier molecular flexibility index (Phi) is 7.39. The highest BCUT2D eigenvalue weighted by atomic mass is 32.2. The fourth-order valence-corrected chi connectivity index (χ4v) is 6.14. The Hall–Kier alpha value is -2.38. The molecule has 0 aromatic heterocycles. The molecule has 178 valence electrons. The quantitative estimate of drug-likeness (QED) is 0.662. The average molecular weight is 470 g/mol. The number of nitrogens with zero attached hydrogens (tertiary/aromatic N) is 2. The van der Waals surface area contributed by atoms with E-state index in [1.54, 1.807) is 12.1 Å². The highest BCUT2D eigenvalue weighted by Gasteiger charge is 2.32. The van der Waals surface area contributed by atoms with Gasteiger partial charge in [0.1, 0.15) is 0 Å². The number of anilines is 1. The molecule has 7 heteroatoms. The molecule has 0 spiro atoms. The largest absolute Gasteiger partial charge is 0.372 e. The molecule has 2 saturated heterocycles. The van der Waals surface area contributed by atoms with Crippen LogP contribution in [0.4, 0.5) is 5.69 Å². The van der Waals surface area contributed by atoms with Gasteiger partial charge in [-0.25, -0.2) is 8.42 Å². The molecule has 1 N–H and O–H groups in total. The van der Waals surface area contributed by atoms with Crippen LogP contribution >= 0.6 is 0 Å². The molecule has 4 rings (SSSR count). The summed E-state index contributed by atoms with van der Waals surface area (Å²) < 4.78 is 27.5. The minimum absolute atomic E-state index is 0.0111. The maximum atomic E-state index is 13.0. The molecule has 1 amide bonds. The van der Waals surface area contributed by atoms with Gasteiger partial charge in [-0.3, -0.25) is 4.79 Å². The Balaban J connectivity index is 1.27. The van der Waals surface area contributed by atoms with Crippen molar-refractivity contribution < 1.29 is 13.2 Å². The second kappa shape index (κ2) is 10.3. The molecule has 2 aliphatic rings. The van der Waals surface area contributed by atoms with Crippen LogP contribution in [0.15, 0.2) is 53.4 Å². The minimum Gasteiger partial charge on any atom is -0.372 e. The summed E-state index contributed by atoms with van der Waals surface area (Å²) >= 11 is 0. The third-order valence-corrected chi connectivity index (χ3v) is 8.80. The van der Waals surface area contributed by atoms with E-state index in [1.165, 1.54) is 22.8 Å². The predicted molar refractivity (Wildman–Crippen MR) is 132 cm³/mol. The smallest absolute Gasteiger partial charge is 0.243 e. The molecule has 0 radical (unpaired) electrons. The lowest BCUT2D eigenvalue weighted by atomic mass is 9.97. The van der Waals surface area contributed by atoms with Gasteiger partial charge in [0.15, 0.2) is 0 Å². The highest BCUT2D eigenvalue weighted by molar-refractivity contribution is 7.89. The van der Waals surface area contributed by atoms with Gasteiger partial charge in [-0.1, -0.05) is 38.1 Å². The molecule has 33 heavy (non-hydrogen) atoms. The number of nitrogens with one attached hydrogen (secondary N) is 1. The van der Waals surface area contributed by atoms with Crippen molar-refractivity contribution in [3.8, 4) is 0 Å². The zero-order valence-electron chi connectivity index (χ0n) is 19.7. The lowest BCUT2D eigenvalue weighted by molar-refractivity contribution is -0.126. The third-order valence-electron chi connectivity index (χ3n) is 6.88. The van der Waals surface area contributed by atoms with Crippen molar-refractivity contribution in [2.75, 3.05) is 31.1 Å². The van der Waals surface area contributed by atoms with Crippen molar-refractivity contribution in [3.05, 3.63) is 59.7 Å². The standard InChI is InChI=1S/C26H35N3O3S/c1-20(2)22-7-11-25(12-8-22)33(31,32)29-17-13-23(14-18-29)26(30)27-19-21-5-9-24(10-6-21)28-15-3-4-16-28/h5-12,20,23H,3-4,13-19H2,1-2H3,(H,27,30). The van der Waals surface area contributed by atoms with E-state index >= 15 is 0 Å². The van der Waals surface area contributed by atoms with Gasteiger partial charge in [0.25, 0.3) is 0 Å². The Labute approximate surface area is 198 Å². The van der Waals surface area contributed by atoms with E-state index in [9.17, 15) is 13.2 Å². The molecule has 0 aliphatic carbocycles. The topological polar surface area (TPSA) is 69.7 Å². The van der Waals surface area contributed by atoms with E-state index in [4.69, 9.17) is 0 Å². The summed E-state index contributed by atoms with van der Waals surface area (Å²) in [4.78, 5) is 15.4. The molecule has 0 bridgehead atoms. The van der Waals surface area contributed by atoms with E-state index in [0.717, 1.165) is 24.2 Å². The van der Waals surface area contributed by atoms with Crippen LogP contribution in [0.25, 0.3) is 0 Å². The number of amides is 1. The van der Waals surface area contributed by atoms with Crippen LogP contribution in [0.1, 0.15) is 56.6 Å². The van der Waals surface area contributed by atoms with Crippen LogP contribution in [0.2, 0.25) is 0 Å². The Morgan fingerprint density at radius 1 is 0.939 bits per heavy atom. The number of hydrogen-bond acceptors (Lipinski definition) is 4. The Bertz CT molecular complexity index is 1040. The molecule has 0 saturated carbocycles. The van der Waals surface area contributed by atoms with Gasteiger partial charge in [-0.05, 0) is 67.0 Å². The number of hydrogen-bond donors (Lipinski definition) is 1. The summed E-state index contributed by atoms with van der Waals surface area (Å²) in [5.41, 5.74) is 3.45. The summed E-state index contributed by atoms with van der Waals surface area (Å²) in [5, 5.41) is 3.04. The van der Waals surface area contributed by atoms with Crippen LogP contribution in [0.5, 0.6) is 0 Å². The molecule has 2 aromatic carbocycles. The van der Waals surface area contributed by atoms with Crippen molar-refractivity contribution in [3.63, 3.8) is 0 Å². The molecular weight excluding hydrogens is 434 g/mol. The number of carbonyl (C=O) groups excluding carboxylic acids is 1. The number of benzene rings is 2. The lowest BCUT2D eigenvalue weighted by Crippen LogP contribution is -2.42. The summed E-state index contributed by atoms with van der Waals surface area (Å²) in [6, 6.07) is 15.6. The van der Waals surface area contributed by atoms with Crippen molar-refractivity contribution in [1.82, 2.24) is 9.62 Å². The summed E-state index contributed by atoms with van der Waals surface area (Å²) in [6.45, 7) is 7.65. The summed E-state index contributed by atoms with van der Waals surface area (Å²) in [7, 11) is -3.52. The maximum Gasteiger partial charge on any atom is 0.243 e. The first-order valence-corrected chi connectivity index (χ1v) is 13.5. The van der Waals surface area contributed by atoms with Gasteiger partial charge < -0.3 is 10.2 Å². The van der Waals surface area contributed by atoms with E-state index in [-0.39, 0.29) is 11.8 Å². The van der Waals surface area contributed by atoms with Crippen LogP contribution in [-0.2, 0) is 21.4 Å². The molecule has 2 aromatic rings. The van der Waals surface area contributed by atoms with Crippen molar-refractivity contribution in [1.29, 1.82) is 0 Å². The van der Waals surface area contributed by atoms with E-state index in [2.05, 4.69) is 48.3 Å². The molecule has 6 nitrogen and oxygen atoms in total. The number of carbonyl (C=O) groups is 1. The molecule has 0 unspecified atom stereocenters. The van der Waals surface area contributed by atoms with Gasteiger partial charge in [-0.2, -0.15) is 4.31 Å². The van der Waals surface area contributed by atoms with E-state index in [0.29, 0.717) is 43.3 Å². The SMILES string of the molecule is CC(C)c1ccc(S(=O)(=O)N2CCC(C(=O)NCc3ccc(N4CCCC4)cc3)CC2)cc1. The Morgan fingerprint density at radius 3 is 2.12 bits per heavy atom. The fourth-order valence-electron chi connectivity index (χ4n) is 4.67. The van der Waals surface area contributed by atoms with Gasteiger partial charge in [0, 0.05) is 44.3 Å². The van der Waals surface area contributed by atoms with Gasteiger partial charge in [0.05, 0.1) is 4.90 Å². The van der Waals surface area contributed by atoms with Crippen LogP contribution in [0.3, 0.4) is 0 Å².